The first-order valence-corrected chi connectivity index (χ1v) is 20.0. The maximum absolute atomic E-state index is 13.9. The number of hydrogen-bond acceptors (Lipinski definition) is 20. The molecule has 22 heteroatoms. The van der Waals surface area contributed by atoms with Crippen molar-refractivity contribution in [2.75, 3.05) is 59.3 Å². The van der Waals surface area contributed by atoms with Crippen LogP contribution in [0.3, 0.4) is 0 Å². The summed E-state index contributed by atoms with van der Waals surface area (Å²) in [6, 6.07) is 6.51. The van der Waals surface area contributed by atoms with Crippen LogP contribution in [0.2, 0.25) is 0 Å². The van der Waals surface area contributed by atoms with Crippen LogP contribution in [0.25, 0.3) is 0 Å². The van der Waals surface area contributed by atoms with Gasteiger partial charge in [0.15, 0.2) is 0 Å². The van der Waals surface area contributed by atoms with Crippen LogP contribution < -0.4 is 0 Å². The van der Waals surface area contributed by atoms with Gasteiger partial charge in [0.05, 0.1) is 50.4 Å². The second kappa shape index (κ2) is 28.2. The zero-order chi connectivity index (χ0) is 47.8. The second-order valence-corrected chi connectivity index (χ2v) is 14.3. The largest absolute Gasteiger partial charge is 0.463 e. The molecule has 352 valence electrons. The minimum Gasteiger partial charge on any atom is -0.463 e. The van der Waals surface area contributed by atoms with Gasteiger partial charge in [0, 0.05) is 23.5 Å². The fourth-order valence-corrected chi connectivity index (χ4v) is 5.34. The molecule has 0 spiro atoms. The van der Waals surface area contributed by atoms with Crippen LogP contribution >= 0.6 is 0 Å². The summed E-state index contributed by atoms with van der Waals surface area (Å²) in [6.45, 7) is 4.82. The Bertz CT molecular complexity index is 1850. The van der Waals surface area contributed by atoms with Gasteiger partial charge < -0.3 is 48.5 Å². The van der Waals surface area contributed by atoms with Gasteiger partial charge in [0.25, 0.3) is 0 Å². The number of β-amino-alcohol motifs (C(OH)–C–C–N with tert-alkyl or cyclic N) is 2. The topological polar surface area (TPSA) is 302 Å². The zero-order valence-electron chi connectivity index (χ0n) is 35.6. The van der Waals surface area contributed by atoms with E-state index in [9.17, 15) is 63.3 Å². The Morgan fingerprint density at radius 2 is 1.03 bits per heavy atom. The van der Waals surface area contributed by atoms with E-state index in [4.69, 9.17) is 33.2 Å². The van der Waals surface area contributed by atoms with Gasteiger partial charge in [-0.2, -0.15) is 0 Å². The number of hydrogen-bond donors (Lipinski definition) is 3. The summed E-state index contributed by atoms with van der Waals surface area (Å²) in [5.41, 5.74) is 0.487. The van der Waals surface area contributed by atoms with Crippen LogP contribution in [0.15, 0.2) is 54.6 Å². The van der Waals surface area contributed by atoms with E-state index in [0.717, 1.165) is 0 Å². The number of ether oxygens (including phenoxy) is 7. The van der Waals surface area contributed by atoms with Gasteiger partial charge in [0.1, 0.15) is 58.5 Å². The second-order valence-electron chi connectivity index (χ2n) is 14.3. The maximum Gasteiger partial charge on any atom is 0.338 e. The predicted molar refractivity (Wildman–Crippen MR) is 215 cm³/mol. The lowest BCUT2D eigenvalue weighted by Crippen LogP contribution is -2.56. The average Bonchev–Trinajstić information content (AvgIpc) is 3.26. The first-order valence-electron chi connectivity index (χ1n) is 20.0. The number of carbonyl (C=O) groups is 10. The van der Waals surface area contributed by atoms with Crippen molar-refractivity contribution in [3.63, 3.8) is 0 Å². The number of esters is 7. The summed E-state index contributed by atoms with van der Waals surface area (Å²) < 4.78 is 34.4. The molecule has 0 saturated carbocycles. The zero-order valence-corrected chi connectivity index (χ0v) is 35.6. The summed E-state index contributed by atoms with van der Waals surface area (Å²) in [5.74, 6) is -8.84. The third kappa shape index (κ3) is 20.6. The summed E-state index contributed by atoms with van der Waals surface area (Å²) in [6.07, 6.45) is -7.88. The monoisotopic (exact) mass is 906 g/mol. The fourth-order valence-electron chi connectivity index (χ4n) is 5.34. The molecule has 1 saturated heterocycles. The van der Waals surface area contributed by atoms with E-state index in [1.165, 1.54) is 26.0 Å². The molecule has 64 heavy (non-hydrogen) atoms. The molecule has 0 aromatic heterocycles. The molecule has 22 nitrogen and oxygen atoms in total. The quantitative estimate of drug-likeness (QED) is 0.0468. The molecule has 0 bridgehead atoms. The number of carbonyl (C=O) groups excluding carboxylic acids is 10. The molecule has 0 aliphatic carbocycles. The highest BCUT2D eigenvalue weighted by molar-refractivity contribution is 6.04. The molecule has 4 amide bonds. The Kier molecular flexibility index (Phi) is 23.6. The highest BCUT2D eigenvalue weighted by Crippen LogP contribution is 2.24. The highest BCUT2D eigenvalue weighted by atomic mass is 16.6. The number of aliphatic hydroxyl groups is 3. The normalized spacial score (nSPS) is 15.3. The van der Waals surface area contributed by atoms with Crippen LogP contribution in [0.5, 0.6) is 0 Å². The first-order chi connectivity index (χ1) is 30.3. The average molecular weight is 907 g/mol. The first kappa shape index (κ1) is 53.6. The molecule has 2 rings (SSSR count). The fraction of sp³-hybridized carbons (Fsp3) is 0.524. The lowest BCUT2D eigenvalue weighted by molar-refractivity contribution is -0.154. The Morgan fingerprint density at radius 3 is 1.50 bits per heavy atom. The van der Waals surface area contributed by atoms with Crippen molar-refractivity contribution < 1.29 is 96.4 Å². The number of benzene rings is 1. The van der Waals surface area contributed by atoms with Gasteiger partial charge in [-0.3, -0.25) is 38.6 Å². The van der Waals surface area contributed by atoms with E-state index in [-0.39, 0.29) is 49.6 Å². The Hall–Kier alpha value is -6.52. The number of imide groups is 2. The van der Waals surface area contributed by atoms with Crippen LogP contribution in [0.4, 0.5) is 4.79 Å². The summed E-state index contributed by atoms with van der Waals surface area (Å²) in [7, 11) is 0. The minimum atomic E-state index is -1.76. The Labute approximate surface area is 367 Å². The van der Waals surface area contributed by atoms with Crippen LogP contribution in [0.1, 0.15) is 69.2 Å². The third-order valence-electron chi connectivity index (χ3n) is 8.64. The van der Waals surface area contributed by atoms with Crippen LogP contribution in [-0.2, 0) is 71.5 Å². The van der Waals surface area contributed by atoms with Crippen molar-refractivity contribution in [1.29, 1.82) is 0 Å². The lowest BCUT2D eigenvalue weighted by Gasteiger charge is -2.35. The molecular formula is C42H54N2O20. The van der Waals surface area contributed by atoms with Crippen molar-refractivity contribution in [3.05, 3.63) is 60.2 Å². The molecule has 4 atom stereocenters. The molecule has 1 aromatic rings. The van der Waals surface area contributed by atoms with Crippen molar-refractivity contribution in [3.8, 4) is 0 Å². The van der Waals surface area contributed by atoms with Gasteiger partial charge in [-0.05, 0) is 38.8 Å². The molecule has 1 aliphatic rings. The van der Waals surface area contributed by atoms with Gasteiger partial charge >= 0.3 is 47.8 Å². The highest BCUT2D eigenvalue weighted by Gasteiger charge is 2.40. The van der Waals surface area contributed by atoms with E-state index in [1.807, 2.05) is 0 Å². The molecule has 1 aromatic carbocycles. The molecule has 1 heterocycles. The Morgan fingerprint density at radius 1 is 0.609 bits per heavy atom. The molecule has 0 radical (unpaired) electrons. The maximum atomic E-state index is 13.9. The molecule has 1 aliphatic heterocycles. The summed E-state index contributed by atoms with van der Waals surface area (Å²) in [5, 5.41) is 32.2. The number of aliphatic hydroxyl groups excluding tert-OH is 3. The summed E-state index contributed by atoms with van der Waals surface area (Å²) in [4.78, 5) is 126. The molecular weight excluding hydrogens is 852 g/mol. The van der Waals surface area contributed by atoms with Crippen LogP contribution in [-0.4, -0.2) is 162 Å². The Balaban J connectivity index is 2.04. The van der Waals surface area contributed by atoms with Crippen molar-refractivity contribution in [2.45, 2.75) is 77.1 Å². The standard InChI is InChI=1S/C42H54N2O20/c1-26(2)39(54)60-18-16-58-34(49)12-14-36(51)62-24-31(46)21-43-33(48)11-10-29(20-30(45)23-64-41(56)28-8-6-5-7-9-28)38(53)44(42(43)57)22-32(47)25-63-37(52)15-13-35(50)59-17-19-61-40(55)27(3)4/h5-9,29-32,45-47H,1,3,10-25H2,2,4H3. The SMILES string of the molecule is C=C(C)C(=O)OCCOC(=O)CCC(=O)OCC(O)CN1C(=O)CCC(CC(O)COC(=O)c2ccccc2)C(=O)N(CC(O)COC(=O)CCC(=O)OCCOC(=O)C(=C)C)C1=O. The van der Waals surface area contributed by atoms with Crippen LogP contribution in [0, 0.1) is 5.92 Å². The molecule has 4 unspecified atom stereocenters. The third-order valence-corrected chi connectivity index (χ3v) is 8.64. The van der Waals surface area contributed by atoms with Gasteiger partial charge in [-0.1, -0.05) is 31.4 Å². The number of urea groups is 1. The number of amides is 4. The lowest BCUT2D eigenvalue weighted by atomic mass is 9.93. The van der Waals surface area contributed by atoms with E-state index in [0.29, 0.717) is 9.80 Å². The molecule has 1 fully saturated rings. The predicted octanol–water partition coefficient (Wildman–Crippen LogP) is 0.475. The van der Waals surface area contributed by atoms with E-state index in [2.05, 4.69) is 13.2 Å². The smallest absolute Gasteiger partial charge is 0.338 e. The molecule has 3 N–H and O–H groups in total. The van der Waals surface area contributed by atoms with Gasteiger partial charge in [0.2, 0.25) is 11.8 Å². The van der Waals surface area contributed by atoms with E-state index in [1.54, 1.807) is 18.2 Å². The van der Waals surface area contributed by atoms with E-state index < -0.39 is 155 Å². The minimum absolute atomic E-state index is 0.144. The number of nitrogens with zero attached hydrogens (tertiary/aromatic N) is 2. The van der Waals surface area contributed by atoms with Crippen molar-refractivity contribution in [1.82, 2.24) is 9.80 Å². The number of rotatable bonds is 27. The van der Waals surface area contributed by atoms with Gasteiger partial charge in [-0.25, -0.2) is 19.2 Å². The van der Waals surface area contributed by atoms with Crippen molar-refractivity contribution >= 4 is 59.6 Å². The van der Waals surface area contributed by atoms with Crippen molar-refractivity contribution in [2.24, 2.45) is 5.92 Å². The summed E-state index contributed by atoms with van der Waals surface area (Å²) >= 11 is 0. The van der Waals surface area contributed by atoms with Gasteiger partial charge in [-0.15, -0.1) is 0 Å². The van der Waals surface area contributed by atoms with E-state index >= 15 is 0 Å².